The lowest BCUT2D eigenvalue weighted by Crippen LogP contribution is -2.20. The van der Waals surface area contributed by atoms with Crippen LogP contribution in [-0.4, -0.2) is 28.2 Å². The number of nitrogens with one attached hydrogen (secondary N) is 1. The molecule has 0 aliphatic rings. The summed E-state index contributed by atoms with van der Waals surface area (Å²) in [4.78, 5) is 15.2. The lowest BCUT2D eigenvalue weighted by molar-refractivity contribution is 0.0950. The number of phenolic OH excluding ortho intramolecular Hbond substituents is 1. The molecule has 0 aliphatic heterocycles. The molecule has 0 fully saturated rings. The molecule has 1 amide bonds. The average Bonchev–Trinajstić information content (AvgIpc) is 2.90. The van der Waals surface area contributed by atoms with Crippen molar-refractivity contribution in [3.63, 3.8) is 0 Å². The first kappa shape index (κ1) is 13.0. The minimum absolute atomic E-state index is 0.0429. The highest BCUT2D eigenvalue weighted by atomic mass is 16.5. The van der Waals surface area contributed by atoms with Gasteiger partial charge < -0.3 is 20.7 Å². The normalized spacial score (nSPS) is 12.1. The first-order chi connectivity index (χ1) is 9.10. The molecule has 0 bridgehead atoms. The van der Waals surface area contributed by atoms with E-state index in [1.807, 2.05) is 0 Å². The summed E-state index contributed by atoms with van der Waals surface area (Å²) < 4.78 is 4.95. The number of nitrogens with zero attached hydrogens (tertiary/aromatic N) is 2. The summed E-state index contributed by atoms with van der Waals surface area (Å²) in [6, 6.07) is 6.16. The molecule has 1 aromatic heterocycles. The van der Waals surface area contributed by atoms with E-state index in [0.717, 1.165) is 5.56 Å². The van der Waals surface area contributed by atoms with E-state index in [9.17, 15) is 9.90 Å². The molecule has 100 valence electrons. The van der Waals surface area contributed by atoms with E-state index in [-0.39, 0.29) is 17.5 Å². The number of aromatic nitrogens is 2. The summed E-state index contributed by atoms with van der Waals surface area (Å²) >= 11 is 0. The second-order valence-electron chi connectivity index (χ2n) is 4.01. The Kier molecular flexibility index (Phi) is 3.76. The van der Waals surface area contributed by atoms with Crippen molar-refractivity contribution in [1.82, 2.24) is 15.5 Å². The highest BCUT2D eigenvalue weighted by molar-refractivity contribution is 5.89. The van der Waals surface area contributed by atoms with Gasteiger partial charge in [-0.1, -0.05) is 17.3 Å². The quantitative estimate of drug-likeness (QED) is 0.733. The molecule has 7 heteroatoms. The number of nitrogens with two attached hydrogens (primary N) is 1. The molecule has 1 aromatic carbocycles. The van der Waals surface area contributed by atoms with Gasteiger partial charge in [0.15, 0.2) is 0 Å². The third-order valence-corrected chi connectivity index (χ3v) is 2.58. The number of hydrogen-bond acceptors (Lipinski definition) is 6. The van der Waals surface area contributed by atoms with Crippen molar-refractivity contribution in [1.29, 1.82) is 0 Å². The van der Waals surface area contributed by atoms with Crippen molar-refractivity contribution in [2.45, 2.75) is 12.5 Å². The maximum absolute atomic E-state index is 11.3. The largest absolute Gasteiger partial charge is 0.508 e. The molecular formula is C12H14N4O3. The second kappa shape index (κ2) is 5.49. The molecule has 1 heterocycles. The van der Waals surface area contributed by atoms with Gasteiger partial charge in [-0.15, -0.1) is 0 Å². The van der Waals surface area contributed by atoms with Crippen molar-refractivity contribution in [2.75, 3.05) is 7.05 Å². The van der Waals surface area contributed by atoms with Gasteiger partial charge in [-0.3, -0.25) is 4.79 Å². The van der Waals surface area contributed by atoms with E-state index in [4.69, 9.17) is 10.3 Å². The van der Waals surface area contributed by atoms with Crippen LogP contribution in [0.1, 0.15) is 28.1 Å². The van der Waals surface area contributed by atoms with E-state index >= 15 is 0 Å². The lowest BCUT2D eigenvalue weighted by Gasteiger charge is -2.06. The topological polar surface area (TPSA) is 114 Å². The van der Waals surface area contributed by atoms with Gasteiger partial charge in [0.2, 0.25) is 5.89 Å². The molecule has 0 radical (unpaired) electrons. The molecule has 2 rings (SSSR count). The minimum Gasteiger partial charge on any atom is -0.508 e. The first-order valence-electron chi connectivity index (χ1n) is 5.69. The average molecular weight is 262 g/mol. The highest BCUT2D eigenvalue weighted by Crippen LogP contribution is 2.16. The van der Waals surface area contributed by atoms with Crippen molar-refractivity contribution in [3.8, 4) is 5.75 Å². The smallest absolute Gasteiger partial charge is 0.292 e. The molecule has 0 saturated carbocycles. The number of aromatic hydroxyl groups is 1. The summed E-state index contributed by atoms with van der Waals surface area (Å²) in [7, 11) is 1.48. The van der Waals surface area contributed by atoms with Gasteiger partial charge in [0.25, 0.3) is 11.7 Å². The molecule has 0 saturated heterocycles. The standard InChI is InChI=1S/C12H14N4O3/c1-14-11(18)10-15-12(19-16-10)9(13)6-7-2-4-8(17)5-3-7/h2-5,9,17H,6,13H2,1H3,(H,14,18)/t9-/m0/s1. The van der Waals surface area contributed by atoms with Crippen LogP contribution in [-0.2, 0) is 6.42 Å². The van der Waals surface area contributed by atoms with Crippen LogP contribution in [0.2, 0.25) is 0 Å². The van der Waals surface area contributed by atoms with Gasteiger partial charge in [0, 0.05) is 7.05 Å². The SMILES string of the molecule is CNC(=O)c1noc([C@@H](N)Cc2ccc(O)cc2)n1. The minimum atomic E-state index is -0.504. The van der Waals surface area contributed by atoms with E-state index in [1.165, 1.54) is 7.05 Å². The number of benzene rings is 1. The van der Waals surface area contributed by atoms with Crippen LogP contribution >= 0.6 is 0 Å². The Morgan fingerprint density at radius 1 is 1.47 bits per heavy atom. The zero-order chi connectivity index (χ0) is 13.8. The van der Waals surface area contributed by atoms with Crippen molar-refractivity contribution >= 4 is 5.91 Å². The van der Waals surface area contributed by atoms with Crippen LogP contribution in [0.5, 0.6) is 5.75 Å². The zero-order valence-electron chi connectivity index (χ0n) is 10.3. The summed E-state index contributed by atoms with van der Waals surface area (Å²) in [5.74, 6) is -0.0748. The number of amides is 1. The molecule has 7 nitrogen and oxygen atoms in total. The number of carbonyl (C=O) groups excluding carboxylic acids is 1. The summed E-state index contributed by atoms with van der Waals surface area (Å²) in [5.41, 5.74) is 6.85. The van der Waals surface area contributed by atoms with Crippen LogP contribution < -0.4 is 11.1 Å². The number of phenols is 1. The number of carbonyl (C=O) groups is 1. The van der Waals surface area contributed by atoms with Gasteiger partial charge in [-0.05, 0) is 24.1 Å². The fraction of sp³-hybridized carbons (Fsp3) is 0.250. The van der Waals surface area contributed by atoms with Crippen LogP contribution in [0, 0.1) is 0 Å². The summed E-state index contributed by atoms with van der Waals surface area (Å²) in [6.07, 6.45) is 0.468. The van der Waals surface area contributed by atoms with Crippen LogP contribution in [0.3, 0.4) is 0 Å². The Morgan fingerprint density at radius 3 is 2.79 bits per heavy atom. The van der Waals surface area contributed by atoms with Crippen molar-refractivity contribution in [2.24, 2.45) is 5.73 Å². The van der Waals surface area contributed by atoms with Crippen LogP contribution in [0.4, 0.5) is 0 Å². The van der Waals surface area contributed by atoms with E-state index in [0.29, 0.717) is 6.42 Å². The number of hydrogen-bond donors (Lipinski definition) is 3. The molecule has 2 aromatic rings. The molecule has 0 aliphatic carbocycles. The monoisotopic (exact) mass is 262 g/mol. The fourth-order valence-corrected chi connectivity index (χ4v) is 1.56. The maximum Gasteiger partial charge on any atom is 0.292 e. The Balaban J connectivity index is 2.07. The predicted molar refractivity (Wildman–Crippen MR) is 66.4 cm³/mol. The Hall–Kier alpha value is -2.41. The molecule has 0 spiro atoms. The number of rotatable bonds is 4. The van der Waals surface area contributed by atoms with Crippen molar-refractivity contribution in [3.05, 3.63) is 41.5 Å². The third kappa shape index (κ3) is 3.08. The van der Waals surface area contributed by atoms with E-state index in [2.05, 4.69) is 15.5 Å². The van der Waals surface area contributed by atoms with Gasteiger partial charge in [-0.25, -0.2) is 0 Å². The van der Waals surface area contributed by atoms with Crippen LogP contribution in [0.15, 0.2) is 28.8 Å². The highest BCUT2D eigenvalue weighted by Gasteiger charge is 2.18. The first-order valence-corrected chi connectivity index (χ1v) is 5.69. The second-order valence-corrected chi connectivity index (χ2v) is 4.01. The molecule has 19 heavy (non-hydrogen) atoms. The molecule has 0 unspecified atom stereocenters. The predicted octanol–water partition coefficient (Wildman–Crippen LogP) is 0.377. The Bertz CT molecular complexity index is 565. The Morgan fingerprint density at radius 2 is 2.16 bits per heavy atom. The third-order valence-electron chi connectivity index (χ3n) is 2.58. The zero-order valence-corrected chi connectivity index (χ0v) is 10.3. The molecule has 4 N–H and O–H groups in total. The van der Waals surface area contributed by atoms with E-state index in [1.54, 1.807) is 24.3 Å². The lowest BCUT2D eigenvalue weighted by atomic mass is 10.1. The summed E-state index contributed by atoms with van der Waals surface area (Å²) in [5, 5.41) is 15.1. The molecular weight excluding hydrogens is 248 g/mol. The van der Waals surface area contributed by atoms with Gasteiger partial charge in [0.1, 0.15) is 5.75 Å². The van der Waals surface area contributed by atoms with Gasteiger partial charge in [-0.2, -0.15) is 4.98 Å². The molecule has 1 atom stereocenters. The fourth-order valence-electron chi connectivity index (χ4n) is 1.56. The van der Waals surface area contributed by atoms with Gasteiger partial charge >= 0.3 is 0 Å². The van der Waals surface area contributed by atoms with Crippen molar-refractivity contribution < 1.29 is 14.4 Å². The summed E-state index contributed by atoms with van der Waals surface area (Å²) in [6.45, 7) is 0. The maximum atomic E-state index is 11.3. The van der Waals surface area contributed by atoms with Crippen LogP contribution in [0.25, 0.3) is 0 Å². The van der Waals surface area contributed by atoms with E-state index < -0.39 is 11.9 Å². The Labute approximate surface area is 109 Å². The van der Waals surface area contributed by atoms with Gasteiger partial charge in [0.05, 0.1) is 6.04 Å².